The van der Waals surface area contributed by atoms with E-state index in [0.717, 1.165) is 12.8 Å². The quantitative estimate of drug-likeness (QED) is 0.772. The second-order valence-electron chi connectivity index (χ2n) is 5.62. The van der Waals surface area contributed by atoms with Crippen molar-refractivity contribution in [2.24, 2.45) is 5.73 Å². The molecule has 0 saturated heterocycles. The molecule has 100 valence electrons. The first-order valence-corrected chi connectivity index (χ1v) is 7.79. The summed E-state index contributed by atoms with van der Waals surface area (Å²) in [6.45, 7) is 3.65. The van der Waals surface area contributed by atoms with Crippen LogP contribution >= 0.6 is 0 Å². The molecule has 17 heavy (non-hydrogen) atoms. The minimum absolute atomic E-state index is 0.0805. The highest BCUT2D eigenvalue weighted by molar-refractivity contribution is 7.85. The first-order valence-electron chi connectivity index (χ1n) is 6.30. The molecule has 1 rings (SSSR count). The number of hydrogen-bond acceptors (Lipinski definition) is 3. The Balaban J connectivity index is 2.26. The van der Waals surface area contributed by atoms with Gasteiger partial charge < -0.3 is 11.1 Å². The summed E-state index contributed by atoms with van der Waals surface area (Å²) in [5, 5.41) is 2.96. The average molecular weight is 260 g/mol. The average Bonchev–Trinajstić information content (AvgIpc) is 2.15. The summed E-state index contributed by atoms with van der Waals surface area (Å²) in [7, 11) is -1.16. The normalized spacial score (nSPS) is 19.9. The predicted octanol–water partition coefficient (Wildman–Crippen LogP) is 0.921. The highest BCUT2D eigenvalue weighted by Crippen LogP contribution is 2.17. The lowest BCUT2D eigenvalue weighted by Crippen LogP contribution is -2.42. The van der Waals surface area contributed by atoms with Crippen LogP contribution in [0.3, 0.4) is 0 Å². The van der Waals surface area contributed by atoms with Gasteiger partial charge in [0, 0.05) is 28.1 Å². The van der Waals surface area contributed by atoms with Crippen LogP contribution in [0.5, 0.6) is 0 Å². The molecule has 0 heterocycles. The number of carbonyl (C=O) groups excluding carboxylic acids is 1. The molecule has 1 saturated carbocycles. The van der Waals surface area contributed by atoms with Gasteiger partial charge in [0.25, 0.3) is 0 Å². The SMILES string of the molecule is CC(C)(N)CS(=O)CC(=O)NC1CCCCC1. The van der Waals surface area contributed by atoms with Crippen molar-refractivity contribution >= 4 is 16.7 Å². The second kappa shape index (κ2) is 6.50. The maximum Gasteiger partial charge on any atom is 0.232 e. The fraction of sp³-hybridized carbons (Fsp3) is 0.917. The van der Waals surface area contributed by atoms with Crippen LogP contribution in [0.15, 0.2) is 0 Å². The molecular weight excluding hydrogens is 236 g/mol. The summed E-state index contributed by atoms with van der Waals surface area (Å²) in [5.74, 6) is 0.349. The topological polar surface area (TPSA) is 72.2 Å². The summed E-state index contributed by atoms with van der Waals surface area (Å²) >= 11 is 0. The van der Waals surface area contributed by atoms with E-state index in [-0.39, 0.29) is 11.7 Å². The zero-order valence-corrected chi connectivity index (χ0v) is 11.6. The van der Waals surface area contributed by atoms with E-state index in [1.54, 1.807) is 0 Å². The summed E-state index contributed by atoms with van der Waals surface area (Å²) in [6, 6.07) is 0.291. The molecule has 0 bridgehead atoms. The Labute approximate surface area is 106 Å². The van der Waals surface area contributed by atoms with Crippen molar-refractivity contribution in [1.82, 2.24) is 5.32 Å². The zero-order chi connectivity index (χ0) is 12.9. The summed E-state index contributed by atoms with van der Waals surface area (Å²) in [6.07, 6.45) is 5.74. The molecule has 0 aliphatic heterocycles. The van der Waals surface area contributed by atoms with Crippen LogP contribution in [0.25, 0.3) is 0 Å². The Bertz CT molecular complexity index is 281. The third-order valence-electron chi connectivity index (χ3n) is 2.80. The van der Waals surface area contributed by atoms with Crippen molar-refractivity contribution in [3.63, 3.8) is 0 Å². The summed E-state index contributed by atoms with van der Waals surface area (Å²) < 4.78 is 11.7. The highest BCUT2D eigenvalue weighted by Gasteiger charge is 2.20. The van der Waals surface area contributed by atoms with E-state index in [9.17, 15) is 9.00 Å². The Morgan fingerprint density at radius 2 is 1.94 bits per heavy atom. The first-order chi connectivity index (χ1) is 7.87. The van der Waals surface area contributed by atoms with Crippen molar-refractivity contribution in [3.05, 3.63) is 0 Å². The van der Waals surface area contributed by atoms with Crippen LogP contribution in [-0.2, 0) is 15.6 Å². The first kappa shape index (κ1) is 14.6. The van der Waals surface area contributed by atoms with E-state index in [1.807, 2.05) is 13.8 Å². The van der Waals surface area contributed by atoms with Crippen LogP contribution in [0, 0.1) is 0 Å². The lowest BCUT2D eigenvalue weighted by molar-refractivity contribution is -0.119. The van der Waals surface area contributed by atoms with Gasteiger partial charge in [0.05, 0.1) is 0 Å². The minimum atomic E-state index is -1.16. The van der Waals surface area contributed by atoms with Crippen molar-refractivity contribution < 1.29 is 9.00 Å². The van der Waals surface area contributed by atoms with Gasteiger partial charge in [-0.2, -0.15) is 0 Å². The van der Waals surface area contributed by atoms with E-state index in [1.165, 1.54) is 19.3 Å². The summed E-state index contributed by atoms with van der Waals surface area (Å²) in [5.41, 5.74) is 5.30. The van der Waals surface area contributed by atoms with Gasteiger partial charge in [-0.1, -0.05) is 19.3 Å². The van der Waals surface area contributed by atoms with Crippen molar-refractivity contribution in [3.8, 4) is 0 Å². The van der Waals surface area contributed by atoms with Gasteiger partial charge in [0.1, 0.15) is 5.75 Å². The molecule has 1 atom stereocenters. The monoisotopic (exact) mass is 260 g/mol. The van der Waals surface area contributed by atoms with Crippen molar-refractivity contribution in [2.45, 2.75) is 57.5 Å². The lowest BCUT2D eigenvalue weighted by Gasteiger charge is -2.23. The third-order valence-corrected chi connectivity index (χ3v) is 4.45. The van der Waals surface area contributed by atoms with E-state index in [4.69, 9.17) is 5.73 Å². The molecule has 0 aromatic heterocycles. The molecule has 4 nitrogen and oxygen atoms in total. The predicted molar refractivity (Wildman–Crippen MR) is 71.2 cm³/mol. The lowest BCUT2D eigenvalue weighted by atomic mass is 9.95. The number of hydrogen-bond donors (Lipinski definition) is 2. The maximum atomic E-state index is 11.7. The number of nitrogens with one attached hydrogen (secondary N) is 1. The fourth-order valence-corrected chi connectivity index (χ4v) is 3.44. The molecule has 0 aromatic rings. The molecule has 5 heteroatoms. The van der Waals surface area contributed by atoms with E-state index >= 15 is 0 Å². The number of nitrogens with two attached hydrogens (primary N) is 1. The molecule has 1 aliphatic carbocycles. The van der Waals surface area contributed by atoms with Crippen LogP contribution in [0.1, 0.15) is 46.0 Å². The maximum absolute atomic E-state index is 11.7. The molecule has 1 amide bonds. The number of carbonyl (C=O) groups is 1. The van der Waals surface area contributed by atoms with E-state index in [0.29, 0.717) is 11.8 Å². The van der Waals surface area contributed by atoms with Gasteiger partial charge in [-0.15, -0.1) is 0 Å². The third kappa shape index (κ3) is 6.78. The molecule has 1 unspecified atom stereocenters. The molecule has 0 aromatic carbocycles. The van der Waals surface area contributed by atoms with Crippen molar-refractivity contribution in [1.29, 1.82) is 0 Å². The molecular formula is C12H24N2O2S. The van der Waals surface area contributed by atoms with Crippen LogP contribution in [0.4, 0.5) is 0 Å². The standard InChI is InChI=1S/C12H24N2O2S/c1-12(2,13)9-17(16)8-11(15)14-10-6-4-3-5-7-10/h10H,3-9,13H2,1-2H3,(H,14,15). The van der Waals surface area contributed by atoms with E-state index < -0.39 is 16.3 Å². The number of rotatable bonds is 5. The second-order valence-corrected chi connectivity index (χ2v) is 7.08. The molecule has 0 spiro atoms. The van der Waals surface area contributed by atoms with Gasteiger partial charge in [0.2, 0.25) is 5.91 Å². The Morgan fingerprint density at radius 3 is 2.47 bits per heavy atom. The van der Waals surface area contributed by atoms with Gasteiger partial charge in [0.15, 0.2) is 0 Å². The largest absolute Gasteiger partial charge is 0.353 e. The van der Waals surface area contributed by atoms with Gasteiger partial charge in [-0.3, -0.25) is 9.00 Å². The van der Waals surface area contributed by atoms with E-state index in [2.05, 4.69) is 5.32 Å². The summed E-state index contributed by atoms with van der Waals surface area (Å²) in [4.78, 5) is 11.7. The highest BCUT2D eigenvalue weighted by atomic mass is 32.2. The van der Waals surface area contributed by atoms with Crippen molar-refractivity contribution in [2.75, 3.05) is 11.5 Å². The van der Waals surface area contributed by atoms with Gasteiger partial charge in [-0.25, -0.2) is 0 Å². The Hall–Kier alpha value is -0.420. The Kier molecular flexibility index (Phi) is 5.59. The molecule has 0 radical (unpaired) electrons. The van der Waals surface area contributed by atoms with Gasteiger partial charge >= 0.3 is 0 Å². The Morgan fingerprint density at radius 1 is 1.35 bits per heavy atom. The van der Waals surface area contributed by atoms with Crippen LogP contribution < -0.4 is 11.1 Å². The molecule has 1 aliphatic rings. The molecule has 3 N–H and O–H groups in total. The zero-order valence-electron chi connectivity index (χ0n) is 10.8. The number of amides is 1. The van der Waals surface area contributed by atoms with Crippen LogP contribution in [0.2, 0.25) is 0 Å². The molecule has 1 fully saturated rings. The van der Waals surface area contributed by atoms with Gasteiger partial charge in [-0.05, 0) is 26.7 Å². The minimum Gasteiger partial charge on any atom is -0.353 e. The van der Waals surface area contributed by atoms with Crippen LogP contribution in [-0.4, -0.2) is 33.2 Å². The fourth-order valence-electron chi connectivity index (χ4n) is 2.13. The smallest absolute Gasteiger partial charge is 0.232 e.